The van der Waals surface area contributed by atoms with Crippen LogP contribution in [0.5, 0.6) is 0 Å². The second kappa shape index (κ2) is 7.78. The number of thioether (sulfide) groups is 1. The number of ether oxygens (including phenoxy) is 1. The predicted octanol–water partition coefficient (Wildman–Crippen LogP) is -0.0891. The second-order valence-corrected chi connectivity index (χ2v) is 9.18. The average Bonchev–Trinajstić information content (AvgIpc) is 3.26. The van der Waals surface area contributed by atoms with Gasteiger partial charge in [-0.15, -0.1) is 11.8 Å². The highest BCUT2D eigenvalue weighted by Crippen LogP contribution is 2.34. The summed E-state index contributed by atoms with van der Waals surface area (Å²) in [6.45, 7) is 0.638. The van der Waals surface area contributed by atoms with Gasteiger partial charge in [-0.05, 0) is 25.0 Å². The summed E-state index contributed by atoms with van der Waals surface area (Å²) >= 11 is 1.70. The van der Waals surface area contributed by atoms with Crippen molar-refractivity contribution in [2.75, 3.05) is 31.2 Å². The highest BCUT2D eigenvalue weighted by Gasteiger charge is 2.28. The molecular formula is C15H20N4O4S2. The fourth-order valence-electron chi connectivity index (χ4n) is 2.72. The van der Waals surface area contributed by atoms with E-state index >= 15 is 0 Å². The number of nitrogens with two attached hydrogens (primary N) is 1. The zero-order chi connectivity index (χ0) is 17.9. The quantitative estimate of drug-likeness (QED) is 0.697. The summed E-state index contributed by atoms with van der Waals surface area (Å²) in [6.07, 6.45) is 4.07. The van der Waals surface area contributed by atoms with Gasteiger partial charge in [-0.1, -0.05) is 11.8 Å². The van der Waals surface area contributed by atoms with Gasteiger partial charge < -0.3 is 10.5 Å². The van der Waals surface area contributed by atoms with Crippen LogP contribution in [0.15, 0.2) is 11.0 Å². The molecule has 0 aromatic carbocycles. The summed E-state index contributed by atoms with van der Waals surface area (Å²) in [5, 5.41) is -0.468. The Morgan fingerprint density at radius 3 is 3.00 bits per heavy atom. The molecule has 2 fully saturated rings. The van der Waals surface area contributed by atoms with Gasteiger partial charge in [0.1, 0.15) is 11.1 Å². The molecule has 0 amide bonds. The van der Waals surface area contributed by atoms with Crippen molar-refractivity contribution in [1.82, 2.24) is 14.3 Å². The Kier molecular flexibility index (Phi) is 5.68. The summed E-state index contributed by atoms with van der Waals surface area (Å²) in [6, 6.07) is 0. The Bertz CT molecular complexity index is 845. The predicted molar refractivity (Wildman–Crippen MR) is 96.7 cm³/mol. The highest BCUT2D eigenvalue weighted by molar-refractivity contribution is 7.99. The van der Waals surface area contributed by atoms with Crippen molar-refractivity contribution in [3.05, 3.63) is 22.2 Å². The molecule has 10 heteroatoms. The molecule has 2 unspecified atom stereocenters. The Labute approximate surface area is 150 Å². The first-order chi connectivity index (χ1) is 12.0. The lowest BCUT2D eigenvalue weighted by Gasteiger charge is -2.12. The third-order valence-electron chi connectivity index (χ3n) is 4.11. The van der Waals surface area contributed by atoms with E-state index in [1.54, 1.807) is 22.5 Å². The zero-order valence-corrected chi connectivity index (χ0v) is 15.2. The largest absolute Gasteiger partial charge is 0.382 e. The second-order valence-electron chi connectivity index (χ2n) is 5.85. The van der Waals surface area contributed by atoms with Crippen LogP contribution < -0.4 is 16.1 Å². The number of hydrogen-bond acceptors (Lipinski definition) is 7. The van der Waals surface area contributed by atoms with Crippen molar-refractivity contribution in [1.29, 1.82) is 0 Å². The molecule has 3 N–H and O–H groups in total. The van der Waals surface area contributed by atoms with Crippen LogP contribution in [0.3, 0.4) is 0 Å². The first-order valence-electron chi connectivity index (χ1n) is 8.03. The number of aromatic nitrogens is 2. The van der Waals surface area contributed by atoms with E-state index in [1.165, 1.54) is 0 Å². The minimum Gasteiger partial charge on any atom is -0.382 e. The van der Waals surface area contributed by atoms with Crippen LogP contribution >= 0.6 is 11.8 Å². The Balaban J connectivity index is 1.69. The van der Waals surface area contributed by atoms with Crippen LogP contribution in [-0.4, -0.2) is 48.7 Å². The summed E-state index contributed by atoms with van der Waals surface area (Å²) in [5.74, 6) is 6.61. The number of hydrogen-bond donors (Lipinski definition) is 2. The lowest BCUT2D eigenvalue weighted by molar-refractivity contribution is 0.198. The molecule has 8 nitrogen and oxygen atoms in total. The highest BCUT2D eigenvalue weighted by atomic mass is 32.2. The molecule has 1 aromatic rings. The van der Waals surface area contributed by atoms with E-state index in [0.717, 1.165) is 18.6 Å². The molecule has 2 aliphatic heterocycles. The molecule has 0 bridgehead atoms. The van der Waals surface area contributed by atoms with Crippen molar-refractivity contribution in [2.24, 2.45) is 0 Å². The molecule has 2 aliphatic rings. The van der Waals surface area contributed by atoms with Crippen molar-refractivity contribution in [3.63, 3.8) is 0 Å². The summed E-state index contributed by atoms with van der Waals surface area (Å²) in [4.78, 5) is 15.8. The van der Waals surface area contributed by atoms with Crippen LogP contribution in [-0.2, 0) is 14.8 Å². The normalized spacial score (nSPS) is 23.4. The van der Waals surface area contributed by atoms with Crippen LogP contribution in [0, 0.1) is 11.8 Å². The minimum atomic E-state index is -3.44. The Morgan fingerprint density at radius 1 is 1.48 bits per heavy atom. The van der Waals surface area contributed by atoms with Gasteiger partial charge in [-0.3, -0.25) is 4.57 Å². The Morgan fingerprint density at radius 2 is 2.32 bits per heavy atom. The van der Waals surface area contributed by atoms with Gasteiger partial charge >= 0.3 is 5.69 Å². The van der Waals surface area contributed by atoms with Crippen molar-refractivity contribution in [2.45, 2.75) is 29.9 Å². The maximum atomic E-state index is 12.0. The molecule has 2 saturated heterocycles. The minimum absolute atomic E-state index is 0.0322. The molecule has 0 radical (unpaired) electrons. The lowest BCUT2D eigenvalue weighted by atomic mass is 10.3. The van der Waals surface area contributed by atoms with Crippen LogP contribution in [0.4, 0.5) is 5.82 Å². The molecule has 1 aromatic heterocycles. The smallest absolute Gasteiger partial charge is 0.350 e. The number of nitrogens with zero attached hydrogens (tertiary/aromatic N) is 2. The number of nitrogens with one attached hydrogen (secondary N) is 1. The van der Waals surface area contributed by atoms with Gasteiger partial charge in [-0.25, -0.2) is 17.9 Å². The third kappa shape index (κ3) is 4.36. The zero-order valence-electron chi connectivity index (χ0n) is 13.6. The van der Waals surface area contributed by atoms with E-state index in [0.29, 0.717) is 18.6 Å². The maximum absolute atomic E-state index is 12.0. The molecule has 3 heterocycles. The van der Waals surface area contributed by atoms with Gasteiger partial charge in [0, 0.05) is 12.8 Å². The monoisotopic (exact) mass is 384 g/mol. The van der Waals surface area contributed by atoms with E-state index in [9.17, 15) is 13.2 Å². The third-order valence-corrected chi connectivity index (χ3v) is 7.28. The lowest BCUT2D eigenvalue weighted by Crippen LogP contribution is -2.34. The first-order valence-corrected chi connectivity index (χ1v) is 10.6. The van der Waals surface area contributed by atoms with Crippen LogP contribution in [0.2, 0.25) is 0 Å². The van der Waals surface area contributed by atoms with E-state index in [1.807, 2.05) is 0 Å². The molecule has 2 atom stereocenters. The molecule has 0 saturated carbocycles. The van der Waals surface area contributed by atoms with E-state index in [4.69, 9.17) is 10.5 Å². The molecule has 3 rings (SSSR count). The molecule has 25 heavy (non-hydrogen) atoms. The molecule has 0 aliphatic carbocycles. The van der Waals surface area contributed by atoms with E-state index in [-0.39, 0.29) is 30.0 Å². The van der Waals surface area contributed by atoms with Gasteiger partial charge in [0.15, 0.2) is 0 Å². The number of rotatable bonds is 4. The summed E-state index contributed by atoms with van der Waals surface area (Å²) in [7, 11) is -3.44. The average molecular weight is 384 g/mol. The first kappa shape index (κ1) is 18.3. The summed E-state index contributed by atoms with van der Waals surface area (Å²) < 4.78 is 33.2. The van der Waals surface area contributed by atoms with Crippen molar-refractivity contribution in [3.8, 4) is 11.8 Å². The van der Waals surface area contributed by atoms with Crippen molar-refractivity contribution >= 4 is 27.6 Å². The fraction of sp³-hybridized carbons (Fsp3) is 0.600. The van der Waals surface area contributed by atoms with E-state index in [2.05, 4.69) is 21.5 Å². The standard InChI is InChI=1S/C15H20N4O4S2/c16-14-11(9-19(15(20)18-14)13-4-2-8-24-13)3-1-6-17-25(21,22)12-5-7-23-10-12/h9,12-13,17H,2,4-8,10H2,(H2,16,18,20). The van der Waals surface area contributed by atoms with E-state index < -0.39 is 15.3 Å². The number of anilines is 1. The van der Waals surface area contributed by atoms with Crippen LogP contribution in [0.25, 0.3) is 0 Å². The molecule has 0 spiro atoms. The maximum Gasteiger partial charge on any atom is 0.350 e. The SMILES string of the molecule is Nc1nc(=O)n(C2CCCS2)cc1C#CCNS(=O)(=O)C1CCOC1. The fourth-order valence-corrected chi connectivity index (χ4v) is 5.16. The topological polar surface area (TPSA) is 116 Å². The Hall–Kier alpha value is -1.54. The molecule has 136 valence electrons. The summed E-state index contributed by atoms with van der Waals surface area (Å²) in [5.41, 5.74) is 5.81. The van der Waals surface area contributed by atoms with Crippen molar-refractivity contribution < 1.29 is 13.2 Å². The van der Waals surface area contributed by atoms with Gasteiger partial charge in [0.2, 0.25) is 10.0 Å². The molecular weight excluding hydrogens is 364 g/mol. The van der Waals surface area contributed by atoms with Gasteiger partial charge in [0.05, 0.1) is 24.1 Å². The van der Waals surface area contributed by atoms with Gasteiger partial charge in [-0.2, -0.15) is 4.98 Å². The number of nitrogen functional groups attached to an aromatic ring is 1. The van der Waals surface area contributed by atoms with Gasteiger partial charge in [0.25, 0.3) is 0 Å². The number of sulfonamides is 1. The van der Waals surface area contributed by atoms with Crippen LogP contribution in [0.1, 0.15) is 30.2 Å².